The third-order valence-corrected chi connectivity index (χ3v) is 3.56. The number of benzene rings is 1. The maximum absolute atomic E-state index is 12.1. The Labute approximate surface area is 124 Å². The Morgan fingerprint density at radius 3 is 2.52 bits per heavy atom. The van der Waals surface area contributed by atoms with E-state index in [1.807, 2.05) is 24.3 Å². The summed E-state index contributed by atoms with van der Waals surface area (Å²) in [6.45, 7) is 7.90. The molecule has 5 heteroatoms. The zero-order valence-electron chi connectivity index (χ0n) is 12.3. The fraction of sp³-hybridized carbons (Fsp3) is 0.375. The number of ether oxygens (including phenoxy) is 1. The molecular weight excluding hydrogens is 268 g/mol. The minimum absolute atomic E-state index is 0.290. The number of hydrogen-bond donors (Lipinski definition) is 2. The summed E-state index contributed by atoms with van der Waals surface area (Å²) in [5.74, 6) is -1.02. The number of carbonyl (C=O) groups excluding carboxylic acids is 2. The standard InChI is InChI=1S/C16H20N2O3/c1-4-11-6-8-12(9-7-11)14-13(15(19)21-5-2)10(3)17-16(20)18-14/h6-9,13-14H,3-5H2,1-2H3,(H2,17,18,20). The van der Waals surface area contributed by atoms with Crippen molar-refractivity contribution in [2.45, 2.75) is 26.3 Å². The lowest BCUT2D eigenvalue weighted by Crippen LogP contribution is -2.51. The van der Waals surface area contributed by atoms with Gasteiger partial charge in [-0.3, -0.25) is 4.79 Å². The van der Waals surface area contributed by atoms with E-state index >= 15 is 0 Å². The SMILES string of the molecule is C=C1NC(=O)NC(c2ccc(CC)cc2)C1C(=O)OCC. The molecule has 0 radical (unpaired) electrons. The Bertz CT molecular complexity index is 551. The van der Waals surface area contributed by atoms with Crippen LogP contribution >= 0.6 is 0 Å². The molecule has 5 nitrogen and oxygen atoms in total. The number of nitrogens with one attached hydrogen (secondary N) is 2. The summed E-state index contributed by atoms with van der Waals surface area (Å²) in [4.78, 5) is 23.8. The highest BCUT2D eigenvalue weighted by atomic mass is 16.5. The molecule has 2 unspecified atom stereocenters. The minimum atomic E-state index is -0.630. The summed E-state index contributed by atoms with van der Waals surface area (Å²) in [6.07, 6.45) is 0.937. The summed E-state index contributed by atoms with van der Waals surface area (Å²) in [5, 5.41) is 5.32. The molecule has 0 spiro atoms. The van der Waals surface area contributed by atoms with Crippen molar-refractivity contribution in [1.82, 2.24) is 10.6 Å². The molecule has 1 aliphatic rings. The highest BCUT2D eigenvalue weighted by Gasteiger charge is 2.38. The fourth-order valence-electron chi connectivity index (χ4n) is 2.43. The average Bonchev–Trinajstić information content (AvgIpc) is 2.46. The second-order valence-electron chi connectivity index (χ2n) is 4.93. The highest BCUT2D eigenvalue weighted by molar-refractivity contribution is 5.85. The molecule has 2 atom stereocenters. The first-order valence-corrected chi connectivity index (χ1v) is 7.08. The number of urea groups is 1. The summed E-state index contributed by atoms with van der Waals surface area (Å²) in [5.41, 5.74) is 2.42. The summed E-state index contributed by atoms with van der Waals surface area (Å²) in [6, 6.07) is 7.02. The maximum Gasteiger partial charge on any atom is 0.319 e. The van der Waals surface area contributed by atoms with Crippen LogP contribution in [0.15, 0.2) is 36.5 Å². The molecule has 2 rings (SSSR count). The third-order valence-electron chi connectivity index (χ3n) is 3.56. The number of aryl methyl sites for hydroxylation is 1. The van der Waals surface area contributed by atoms with Crippen molar-refractivity contribution in [2.24, 2.45) is 5.92 Å². The average molecular weight is 288 g/mol. The van der Waals surface area contributed by atoms with E-state index < -0.39 is 12.0 Å². The number of esters is 1. The lowest BCUT2D eigenvalue weighted by Gasteiger charge is -2.33. The van der Waals surface area contributed by atoms with E-state index in [1.165, 1.54) is 5.56 Å². The monoisotopic (exact) mass is 288 g/mol. The summed E-state index contributed by atoms with van der Waals surface area (Å²) < 4.78 is 5.09. The van der Waals surface area contributed by atoms with Crippen LogP contribution in [0.2, 0.25) is 0 Å². The van der Waals surface area contributed by atoms with Gasteiger partial charge in [-0.25, -0.2) is 4.79 Å². The Balaban J connectivity index is 2.32. The van der Waals surface area contributed by atoms with E-state index in [-0.39, 0.29) is 18.6 Å². The van der Waals surface area contributed by atoms with E-state index in [0.29, 0.717) is 5.70 Å². The lowest BCUT2D eigenvalue weighted by atomic mass is 9.88. The minimum Gasteiger partial charge on any atom is -0.465 e. The van der Waals surface area contributed by atoms with Gasteiger partial charge >= 0.3 is 12.0 Å². The normalized spacial score (nSPS) is 21.4. The van der Waals surface area contributed by atoms with Crippen molar-refractivity contribution in [1.29, 1.82) is 0 Å². The molecule has 1 aliphatic heterocycles. The first-order valence-electron chi connectivity index (χ1n) is 7.08. The summed E-state index contributed by atoms with van der Waals surface area (Å²) in [7, 11) is 0. The van der Waals surface area contributed by atoms with Gasteiger partial charge in [0, 0.05) is 5.70 Å². The lowest BCUT2D eigenvalue weighted by molar-refractivity contribution is -0.147. The third kappa shape index (κ3) is 3.24. The quantitative estimate of drug-likeness (QED) is 0.835. The van der Waals surface area contributed by atoms with Gasteiger partial charge in [-0.1, -0.05) is 37.8 Å². The van der Waals surface area contributed by atoms with Gasteiger partial charge < -0.3 is 15.4 Å². The molecule has 2 amide bonds. The van der Waals surface area contributed by atoms with Gasteiger partial charge in [0.15, 0.2) is 0 Å². The Kier molecular flexibility index (Phi) is 4.62. The largest absolute Gasteiger partial charge is 0.465 e. The van der Waals surface area contributed by atoms with Crippen molar-refractivity contribution < 1.29 is 14.3 Å². The van der Waals surface area contributed by atoms with E-state index in [2.05, 4.69) is 24.1 Å². The zero-order chi connectivity index (χ0) is 15.4. The molecule has 1 saturated heterocycles. The molecule has 0 saturated carbocycles. The van der Waals surface area contributed by atoms with Gasteiger partial charge in [0.1, 0.15) is 5.92 Å². The van der Waals surface area contributed by atoms with E-state index in [9.17, 15) is 9.59 Å². The van der Waals surface area contributed by atoms with Gasteiger partial charge in [0.05, 0.1) is 12.6 Å². The molecule has 0 bridgehead atoms. The first-order chi connectivity index (χ1) is 10.1. The highest BCUT2D eigenvalue weighted by Crippen LogP contribution is 2.30. The zero-order valence-corrected chi connectivity index (χ0v) is 12.3. The first kappa shape index (κ1) is 15.1. The van der Waals surface area contributed by atoms with Gasteiger partial charge in [0.25, 0.3) is 0 Å². The van der Waals surface area contributed by atoms with Crippen LogP contribution in [0.3, 0.4) is 0 Å². The predicted molar refractivity (Wildman–Crippen MR) is 79.5 cm³/mol. The molecule has 112 valence electrons. The topological polar surface area (TPSA) is 67.4 Å². The van der Waals surface area contributed by atoms with E-state index in [0.717, 1.165) is 12.0 Å². The van der Waals surface area contributed by atoms with Crippen LogP contribution < -0.4 is 10.6 Å². The van der Waals surface area contributed by atoms with Crippen LogP contribution in [0, 0.1) is 5.92 Å². The predicted octanol–water partition coefficient (Wildman–Crippen LogP) is 2.30. The Morgan fingerprint density at radius 2 is 1.95 bits per heavy atom. The van der Waals surface area contributed by atoms with Crippen molar-refractivity contribution >= 4 is 12.0 Å². The molecule has 2 N–H and O–H groups in total. The van der Waals surface area contributed by atoms with E-state index in [4.69, 9.17) is 4.74 Å². The molecule has 21 heavy (non-hydrogen) atoms. The van der Waals surface area contributed by atoms with Crippen LogP contribution in [0.25, 0.3) is 0 Å². The van der Waals surface area contributed by atoms with Crippen molar-refractivity contribution in [3.05, 3.63) is 47.7 Å². The van der Waals surface area contributed by atoms with Crippen molar-refractivity contribution in [3.8, 4) is 0 Å². The number of amides is 2. The number of rotatable bonds is 4. The Hall–Kier alpha value is -2.30. The smallest absolute Gasteiger partial charge is 0.319 e. The molecule has 0 aromatic heterocycles. The van der Waals surface area contributed by atoms with Crippen LogP contribution in [0.4, 0.5) is 4.79 Å². The van der Waals surface area contributed by atoms with Crippen molar-refractivity contribution in [3.63, 3.8) is 0 Å². The second kappa shape index (κ2) is 6.43. The van der Waals surface area contributed by atoms with Crippen LogP contribution in [0.5, 0.6) is 0 Å². The van der Waals surface area contributed by atoms with Crippen LogP contribution in [0.1, 0.15) is 31.0 Å². The van der Waals surface area contributed by atoms with Gasteiger partial charge in [0.2, 0.25) is 0 Å². The van der Waals surface area contributed by atoms with Crippen LogP contribution in [-0.2, 0) is 16.0 Å². The van der Waals surface area contributed by atoms with Gasteiger partial charge in [-0.05, 0) is 24.5 Å². The van der Waals surface area contributed by atoms with E-state index in [1.54, 1.807) is 6.92 Å². The number of carbonyl (C=O) groups is 2. The number of hydrogen-bond acceptors (Lipinski definition) is 3. The molecule has 1 aromatic rings. The summed E-state index contributed by atoms with van der Waals surface area (Å²) >= 11 is 0. The molecule has 1 aromatic carbocycles. The molecule has 1 fully saturated rings. The Morgan fingerprint density at radius 1 is 1.29 bits per heavy atom. The second-order valence-corrected chi connectivity index (χ2v) is 4.93. The van der Waals surface area contributed by atoms with Crippen LogP contribution in [-0.4, -0.2) is 18.6 Å². The van der Waals surface area contributed by atoms with Gasteiger partial charge in [-0.15, -0.1) is 0 Å². The maximum atomic E-state index is 12.1. The molecule has 0 aliphatic carbocycles. The van der Waals surface area contributed by atoms with Gasteiger partial charge in [-0.2, -0.15) is 0 Å². The molecular formula is C16H20N2O3. The van der Waals surface area contributed by atoms with Crippen molar-refractivity contribution in [2.75, 3.05) is 6.61 Å². The fourth-order valence-corrected chi connectivity index (χ4v) is 2.43. The molecule has 1 heterocycles.